The Balaban J connectivity index is 2.18. The monoisotopic (exact) mass is 211 g/mol. The van der Waals surface area contributed by atoms with Gasteiger partial charge in [0.05, 0.1) is 12.0 Å². The lowest BCUT2D eigenvalue weighted by molar-refractivity contribution is -0.143. The van der Waals surface area contributed by atoms with Crippen LogP contribution in [-0.2, 0) is 4.79 Å². The van der Waals surface area contributed by atoms with Gasteiger partial charge in [-0.15, -0.1) is 11.3 Å². The Kier molecular flexibility index (Phi) is 2.84. The SMILES string of the molecule is O=C(O)C1CCCNC1c1cccs1. The van der Waals surface area contributed by atoms with Crippen LogP contribution < -0.4 is 5.32 Å². The minimum Gasteiger partial charge on any atom is -0.481 e. The first-order valence-corrected chi connectivity index (χ1v) is 5.66. The molecule has 2 atom stereocenters. The molecule has 76 valence electrons. The van der Waals surface area contributed by atoms with Gasteiger partial charge in [0.1, 0.15) is 0 Å². The first kappa shape index (κ1) is 9.68. The molecular formula is C10H13NO2S. The second kappa shape index (κ2) is 4.11. The fourth-order valence-electron chi connectivity index (χ4n) is 1.92. The van der Waals surface area contributed by atoms with Gasteiger partial charge in [0.25, 0.3) is 0 Å². The number of carboxylic acids is 1. The van der Waals surface area contributed by atoms with E-state index in [0.717, 1.165) is 24.3 Å². The molecule has 1 aliphatic heterocycles. The van der Waals surface area contributed by atoms with Gasteiger partial charge >= 0.3 is 5.97 Å². The fourth-order valence-corrected chi connectivity index (χ4v) is 2.79. The van der Waals surface area contributed by atoms with Crippen molar-refractivity contribution in [2.45, 2.75) is 18.9 Å². The van der Waals surface area contributed by atoms with Gasteiger partial charge in [0, 0.05) is 4.88 Å². The maximum Gasteiger partial charge on any atom is 0.308 e. The molecule has 1 fully saturated rings. The molecule has 3 nitrogen and oxygen atoms in total. The van der Waals surface area contributed by atoms with E-state index in [1.165, 1.54) is 0 Å². The number of piperidine rings is 1. The van der Waals surface area contributed by atoms with Gasteiger partial charge in [-0.3, -0.25) is 4.79 Å². The molecule has 2 rings (SSSR count). The Labute approximate surface area is 86.8 Å². The van der Waals surface area contributed by atoms with Gasteiger partial charge in [-0.2, -0.15) is 0 Å². The van der Waals surface area contributed by atoms with Crippen molar-refractivity contribution < 1.29 is 9.90 Å². The predicted molar refractivity (Wildman–Crippen MR) is 55.4 cm³/mol. The number of hydrogen-bond donors (Lipinski definition) is 2. The Morgan fingerprint density at radius 2 is 2.50 bits per heavy atom. The summed E-state index contributed by atoms with van der Waals surface area (Å²) in [6.07, 6.45) is 1.74. The molecule has 0 saturated carbocycles. The van der Waals surface area contributed by atoms with Gasteiger partial charge in [-0.1, -0.05) is 6.07 Å². The average Bonchev–Trinajstić information content (AvgIpc) is 2.70. The first-order chi connectivity index (χ1) is 6.79. The normalized spacial score (nSPS) is 27.4. The molecule has 1 saturated heterocycles. The largest absolute Gasteiger partial charge is 0.481 e. The summed E-state index contributed by atoms with van der Waals surface area (Å²) >= 11 is 1.62. The van der Waals surface area contributed by atoms with Gasteiger partial charge in [-0.25, -0.2) is 0 Å². The number of carboxylic acid groups (broad SMARTS) is 1. The summed E-state index contributed by atoms with van der Waals surface area (Å²) in [6.45, 7) is 0.923. The van der Waals surface area contributed by atoms with Crippen molar-refractivity contribution in [2.24, 2.45) is 5.92 Å². The van der Waals surface area contributed by atoms with Crippen LogP contribution in [0.4, 0.5) is 0 Å². The molecule has 0 aliphatic carbocycles. The van der Waals surface area contributed by atoms with Crippen molar-refractivity contribution in [1.82, 2.24) is 5.32 Å². The predicted octanol–water partition coefficient (Wildman–Crippen LogP) is 1.87. The third kappa shape index (κ3) is 1.81. The Bertz CT molecular complexity index is 310. The van der Waals surface area contributed by atoms with E-state index in [1.807, 2.05) is 17.5 Å². The molecule has 0 amide bonds. The topological polar surface area (TPSA) is 49.3 Å². The highest BCUT2D eigenvalue weighted by molar-refractivity contribution is 7.10. The zero-order valence-corrected chi connectivity index (χ0v) is 8.59. The smallest absolute Gasteiger partial charge is 0.308 e. The lowest BCUT2D eigenvalue weighted by Crippen LogP contribution is -2.37. The van der Waals surface area contributed by atoms with E-state index in [-0.39, 0.29) is 12.0 Å². The van der Waals surface area contributed by atoms with E-state index >= 15 is 0 Å². The third-order valence-electron chi connectivity index (χ3n) is 2.63. The summed E-state index contributed by atoms with van der Waals surface area (Å²) in [4.78, 5) is 12.2. The van der Waals surface area contributed by atoms with Crippen LogP contribution >= 0.6 is 11.3 Å². The van der Waals surface area contributed by atoms with Gasteiger partial charge in [0.15, 0.2) is 0 Å². The van der Waals surface area contributed by atoms with Crippen LogP contribution in [0.2, 0.25) is 0 Å². The molecule has 2 unspecified atom stereocenters. The molecule has 2 heterocycles. The molecule has 4 heteroatoms. The highest BCUT2D eigenvalue weighted by Crippen LogP contribution is 2.31. The van der Waals surface area contributed by atoms with Crippen molar-refractivity contribution in [3.8, 4) is 0 Å². The fraction of sp³-hybridized carbons (Fsp3) is 0.500. The summed E-state index contributed by atoms with van der Waals surface area (Å²) in [7, 11) is 0. The number of aliphatic carboxylic acids is 1. The van der Waals surface area contributed by atoms with Crippen molar-refractivity contribution >= 4 is 17.3 Å². The second-order valence-corrected chi connectivity index (χ2v) is 4.51. The standard InChI is InChI=1S/C10H13NO2S/c12-10(13)7-3-1-5-11-9(7)8-4-2-6-14-8/h2,4,6-7,9,11H,1,3,5H2,(H,12,13). The first-order valence-electron chi connectivity index (χ1n) is 4.78. The van der Waals surface area contributed by atoms with E-state index in [4.69, 9.17) is 5.11 Å². The Hall–Kier alpha value is -0.870. The second-order valence-electron chi connectivity index (χ2n) is 3.53. The van der Waals surface area contributed by atoms with Crippen LogP contribution in [0.1, 0.15) is 23.8 Å². The van der Waals surface area contributed by atoms with E-state index in [0.29, 0.717) is 0 Å². The number of carbonyl (C=O) groups is 1. The molecule has 0 bridgehead atoms. The Morgan fingerprint density at radius 3 is 3.14 bits per heavy atom. The van der Waals surface area contributed by atoms with Crippen LogP contribution in [0.5, 0.6) is 0 Å². The summed E-state index contributed by atoms with van der Waals surface area (Å²) in [5.74, 6) is -0.946. The van der Waals surface area contributed by atoms with Crippen molar-refractivity contribution in [2.75, 3.05) is 6.54 Å². The highest BCUT2D eigenvalue weighted by atomic mass is 32.1. The summed E-state index contributed by atoms with van der Waals surface area (Å²) < 4.78 is 0. The molecule has 2 N–H and O–H groups in total. The van der Waals surface area contributed by atoms with Crippen LogP contribution in [-0.4, -0.2) is 17.6 Å². The lowest BCUT2D eigenvalue weighted by Gasteiger charge is -2.28. The molecule has 1 aliphatic rings. The van der Waals surface area contributed by atoms with Crippen LogP contribution in [0.25, 0.3) is 0 Å². The van der Waals surface area contributed by atoms with Crippen LogP contribution in [0, 0.1) is 5.92 Å². The number of thiophene rings is 1. The number of nitrogens with one attached hydrogen (secondary N) is 1. The summed E-state index contributed by atoms with van der Waals surface area (Å²) in [5.41, 5.74) is 0. The summed E-state index contributed by atoms with van der Waals surface area (Å²) in [6, 6.07) is 3.99. The van der Waals surface area contributed by atoms with E-state index in [1.54, 1.807) is 11.3 Å². The third-order valence-corrected chi connectivity index (χ3v) is 3.58. The van der Waals surface area contributed by atoms with Crippen LogP contribution in [0.3, 0.4) is 0 Å². The maximum absolute atomic E-state index is 11.0. The van der Waals surface area contributed by atoms with E-state index < -0.39 is 5.97 Å². The maximum atomic E-state index is 11.0. The Morgan fingerprint density at radius 1 is 1.64 bits per heavy atom. The lowest BCUT2D eigenvalue weighted by atomic mass is 9.90. The molecule has 14 heavy (non-hydrogen) atoms. The van der Waals surface area contributed by atoms with Gasteiger partial charge < -0.3 is 10.4 Å². The molecule has 1 aromatic heterocycles. The van der Waals surface area contributed by atoms with E-state index in [9.17, 15) is 4.79 Å². The molecule has 0 radical (unpaired) electrons. The highest BCUT2D eigenvalue weighted by Gasteiger charge is 2.31. The van der Waals surface area contributed by atoms with Crippen molar-refractivity contribution in [3.05, 3.63) is 22.4 Å². The quantitative estimate of drug-likeness (QED) is 0.785. The van der Waals surface area contributed by atoms with E-state index in [2.05, 4.69) is 5.32 Å². The minimum atomic E-state index is -0.685. The summed E-state index contributed by atoms with van der Waals surface area (Å²) in [5, 5.41) is 14.3. The van der Waals surface area contributed by atoms with Crippen molar-refractivity contribution in [1.29, 1.82) is 0 Å². The number of rotatable bonds is 2. The zero-order valence-electron chi connectivity index (χ0n) is 7.77. The zero-order chi connectivity index (χ0) is 9.97. The molecule has 0 spiro atoms. The number of hydrogen-bond acceptors (Lipinski definition) is 3. The van der Waals surface area contributed by atoms with Crippen molar-refractivity contribution in [3.63, 3.8) is 0 Å². The molecular weight excluding hydrogens is 198 g/mol. The van der Waals surface area contributed by atoms with Gasteiger partial charge in [-0.05, 0) is 30.8 Å². The van der Waals surface area contributed by atoms with Crippen LogP contribution in [0.15, 0.2) is 17.5 Å². The minimum absolute atomic E-state index is 0.0150. The molecule has 0 aromatic carbocycles. The average molecular weight is 211 g/mol. The molecule has 1 aromatic rings. The van der Waals surface area contributed by atoms with Gasteiger partial charge in [0.2, 0.25) is 0 Å².